The Morgan fingerprint density at radius 1 is 1.19 bits per heavy atom. The van der Waals surface area contributed by atoms with Crippen molar-refractivity contribution in [1.82, 2.24) is 10.3 Å². The first-order valence-corrected chi connectivity index (χ1v) is 8.83. The summed E-state index contributed by atoms with van der Waals surface area (Å²) in [6, 6.07) is 14.6. The number of halogens is 1. The Morgan fingerprint density at radius 3 is 2.69 bits per heavy atom. The Labute approximate surface area is 159 Å². The maximum absolute atomic E-state index is 11.9. The van der Waals surface area contributed by atoms with Gasteiger partial charge in [-0.3, -0.25) is 0 Å². The highest BCUT2D eigenvalue weighted by atomic mass is 79.9. The zero-order valence-electron chi connectivity index (χ0n) is 14.2. The third-order valence-corrected chi connectivity index (χ3v) is 4.37. The van der Waals surface area contributed by atoms with Crippen LogP contribution < -0.4 is 15.4 Å². The molecular formula is C19H18BrN3O3. The van der Waals surface area contributed by atoms with Crippen LogP contribution in [0, 0.1) is 0 Å². The van der Waals surface area contributed by atoms with E-state index < -0.39 is 0 Å². The predicted molar refractivity (Wildman–Crippen MR) is 103 cm³/mol. The third-order valence-electron chi connectivity index (χ3n) is 3.68. The maximum Gasteiger partial charge on any atom is 0.319 e. The van der Waals surface area contributed by atoms with Crippen LogP contribution in [0.5, 0.6) is 5.75 Å². The van der Waals surface area contributed by atoms with E-state index in [4.69, 9.17) is 9.15 Å². The molecule has 3 aromatic rings. The third kappa shape index (κ3) is 4.64. The molecule has 1 aromatic heterocycles. The van der Waals surface area contributed by atoms with Crippen molar-refractivity contribution in [3.05, 3.63) is 65.0 Å². The van der Waals surface area contributed by atoms with Crippen LogP contribution in [0.4, 0.5) is 10.5 Å². The Kier molecular flexibility index (Phi) is 5.91. The second kappa shape index (κ2) is 8.53. The Balaban J connectivity index is 1.50. The van der Waals surface area contributed by atoms with Crippen molar-refractivity contribution in [2.24, 2.45) is 0 Å². The van der Waals surface area contributed by atoms with Gasteiger partial charge in [0.1, 0.15) is 12.0 Å². The van der Waals surface area contributed by atoms with Crippen LogP contribution in [0.15, 0.2) is 63.7 Å². The first-order chi connectivity index (χ1) is 12.7. The molecule has 0 saturated heterocycles. The zero-order chi connectivity index (χ0) is 18.4. The average Bonchev–Trinajstić information content (AvgIpc) is 3.12. The highest BCUT2D eigenvalue weighted by molar-refractivity contribution is 9.10. The van der Waals surface area contributed by atoms with E-state index in [0.29, 0.717) is 24.5 Å². The molecular weight excluding hydrogens is 398 g/mol. The fraction of sp³-hybridized carbons (Fsp3) is 0.158. The molecule has 0 fully saturated rings. The topological polar surface area (TPSA) is 76.4 Å². The van der Waals surface area contributed by atoms with Gasteiger partial charge in [0.25, 0.3) is 0 Å². The van der Waals surface area contributed by atoms with E-state index in [1.165, 1.54) is 0 Å². The lowest BCUT2D eigenvalue weighted by atomic mass is 10.2. The van der Waals surface area contributed by atoms with Gasteiger partial charge in [-0.25, -0.2) is 9.78 Å². The fourth-order valence-electron chi connectivity index (χ4n) is 2.32. The monoisotopic (exact) mass is 415 g/mol. The minimum Gasteiger partial charge on any atom is -0.497 e. The molecule has 0 bridgehead atoms. The Hall–Kier alpha value is -2.80. The number of carbonyl (C=O) groups excluding carboxylic acids is 1. The summed E-state index contributed by atoms with van der Waals surface area (Å²) in [5, 5.41) is 5.59. The molecule has 0 aliphatic rings. The van der Waals surface area contributed by atoms with Crippen molar-refractivity contribution in [2.75, 3.05) is 19.0 Å². The van der Waals surface area contributed by atoms with Crippen LogP contribution in [0.1, 0.15) is 5.69 Å². The van der Waals surface area contributed by atoms with Crippen molar-refractivity contribution in [2.45, 2.75) is 6.42 Å². The molecule has 26 heavy (non-hydrogen) atoms. The smallest absolute Gasteiger partial charge is 0.319 e. The van der Waals surface area contributed by atoms with Crippen molar-refractivity contribution < 1.29 is 13.9 Å². The number of benzene rings is 2. The number of methoxy groups -OCH3 is 1. The van der Waals surface area contributed by atoms with Gasteiger partial charge in [-0.1, -0.05) is 12.1 Å². The van der Waals surface area contributed by atoms with Crippen LogP contribution in [0.25, 0.3) is 11.5 Å². The largest absolute Gasteiger partial charge is 0.497 e. The number of anilines is 1. The van der Waals surface area contributed by atoms with Gasteiger partial charge in [-0.05, 0) is 52.3 Å². The highest BCUT2D eigenvalue weighted by Crippen LogP contribution is 2.22. The standard InChI is InChI=1S/C19H18BrN3O3/c1-25-15-8-6-13(7-9-15)18-22-14(12-26-18)10-11-21-19(24)23-17-5-3-2-4-16(17)20/h2-9,12H,10-11H2,1H3,(H2,21,23,24). The number of para-hydroxylation sites is 1. The van der Waals surface area contributed by atoms with E-state index in [1.54, 1.807) is 13.4 Å². The zero-order valence-corrected chi connectivity index (χ0v) is 15.7. The number of hydrogen-bond acceptors (Lipinski definition) is 4. The summed E-state index contributed by atoms with van der Waals surface area (Å²) in [5.41, 5.74) is 2.36. The number of ether oxygens (including phenoxy) is 1. The lowest BCUT2D eigenvalue weighted by Crippen LogP contribution is -2.30. The number of urea groups is 1. The van der Waals surface area contributed by atoms with Gasteiger partial charge in [-0.2, -0.15) is 0 Å². The number of oxazole rings is 1. The summed E-state index contributed by atoms with van der Waals surface area (Å²) in [7, 11) is 1.62. The van der Waals surface area contributed by atoms with Gasteiger partial charge in [0.2, 0.25) is 5.89 Å². The van der Waals surface area contributed by atoms with Gasteiger partial charge in [-0.15, -0.1) is 0 Å². The van der Waals surface area contributed by atoms with Gasteiger partial charge >= 0.3 is 6.03 Å². The second-order valence-electron chi connectivity index (χ2n) is 5.48. The van der Waals surface area contributed by atoms with Crippen molar-refractivity contribution in [3.63, 3.8) is 0 Å². The molecule has 0 aliphatic carbocycles. The van der Waals surface area contributed by atoms with Crippen LogP contribution in [0.2, 0.25) is 0 Å². The molecule has 0 radical (unpaired) electrons. The average molecular weight is 416 g/mol. The lowest BCUT2D eigenvalue weighted by molar-refractivity contribution is 0.252. The van der Waals surface area contributed by atoms with E-state index in [-0.39, 0.29) is 6.03 Å². The number of nitrogens with zero attached hydrogens (tertiary/aromatic N) is 1. The predicted octanol–water partition coefficient (Wildman–Crippen LogP) is 4.48. The molecule has 6 nitrogen and oxygen atoms in total. The first kappa shape index (κ1) is 18.0. The normalized spacial score (nSPS) is 10.4. The van der Waals surface area contributed by atoms with E-state index in [9.17, 15) is 4.79 Å². The van der Waals surface area contributed by atoms with Crippen LogP contribution in [-0.2, 0) is 6.42 Å². The van der Waals surface area contributed by atoms with Crippen molar-refractivity contribution in [1.29, 1.82) is 0 Å². The minimum atomic E-state index is -0.268. The number of aromatic nitrogens is 1. The van der Waals surface area contributed by atoms with Crippen molar-refractivity contribution >= 4 is 27.6 Å². The minimum absolute atomic E-state index is 0.268. The first-order valence-electron chi connectivity index (χ1n) is 8.04. The molecule has 0 saturated carbocycles. The van der Waals surface area contributed by atoms with E-state index in [2.05, 4.69) is 31.5 Å². The molecule has 3 rings (SSSR count). The summed E-state index contributed by atoms with van der Waals surface area (Å²) in [4.78, 5) is 16.4. The summed E-state index contributed by atoms with van der Waals surface area (Å²) in [5.74, 6) is 1.32. The molecule has 134 valence electrons. The summed E-state index contributed by atoms with van der Waals surface area (Å²) >= 11 is 3.39. The lowest BCUT2D eigenvalue weighted by Gasteiger charge is -2.08. The molecule has 0 unspecified atom stereocenters. The van der Waals surface area contributed by atoms with Gasteiger partial charge < -0.3 is 19.8 Å². The highest BCUT2D eigenvalue weighted by Gasteiger charge is 2.08. The number of rotatable bonds is 6. The molecule has 0 atom stereocenters. The second-order valence-corrected chi connectivity index (χ2v) is 6.34. The van der Waals surface area contributed by atoms with E-state index in [0.717, 1.165) is 21.5 Å². The Bertz CT molecular complexity index is 878. The molecule has 1 heterocycles. The number of carbonyl (C=O) groups is 1. The SMILES string of the molecule is COc1ccc(-c2nc(CCNC(=O)Nc3ccccc3Br)co2)cc1. The Morgan fingerprint density at radius 2 is 1.96 bits per heavy atom. The molecule has 0 spiro atoms. The molecule has 2 aromatic carbocycles. The molecule has 2 N–H and O–H groups in total. The quantitative estimate of drug-likeness (QED) is 0.622. The number of nitrogens with one attached hydrogen (secondary N) is 2. The van der Waals surface area contributed by atoms with E-state index in [1.807, 2.05) is 48.5 Å². The number of hydrogen-bond donors (Lipinski definition) is 2. The van der Waals surface area contributed by atoms with Crippen LogP contribution >= 0.6 is 15.9 Å². The fourth-order valence-corrected chi connectivity index (χ4v) is 2.71. The van der Waals surface area contributed by atoms with Gasteiger partial charge in [0, 0.05) is 23.0 Å². The van der Waals surface area contributed by atoms with Crippen LogP contribution in [0.3, 0.4) is 0 Å². The number of amides is 2. The van der Waals surface area contributed by atoms with Gasteiger partial charge in [0.15, 0.2) is 0 Å². The van der Waals surface area contributed by atoms with Crippen molar-refractivity contribution in [3.8, 4) is 17.2 Å². The summed E-state index contributed by atoms with van der Waals surface area (Å²) < 4.78 is 11.5. The molecule has 2 amide bonds. The molecule has 0 aliphatic heterocycles. The van der Waals surface area contributed by atoms with E-state index >= 15 is 0 Å². The summed E-state index contributed by atoms with van der Waals surface area (Å²) in [6.07, 6.45) is 2.18. The van der Waals surface area contributed by atoms with Gasteiger partial charge in [0.05, 0.1) is 18.5 Å². The summed E-state index contributed by atoms with van der Waals surface area (Å²) in [6.45, 7) is 0.449. The maximum atomic E-state index is 11.9. The molecule has 7 heteroatoms. The van der Waals surface area contributed by atoms with Crippen LogP contribution in [-0.4, -0.2) is 24.7 Å².